The summed E-state index contributed by atoms with van der Waals surface area (Å²) in [7, 11) is 0. The molecule has 4 aliphatic rings. The van der Waals surface area contributed by atoms with Gasteiger partial charge < -0.3 is 14.5 Å². The van der Waals surface area contributed by atoms with E-state index in [2.05, 4.69) is 48.1 Å². The van der Waals surface area contributed by atoms with Crippen molar-refractivity contribution in [2.75, 3.05) is 31.2 Å². The molecular formula is C24H29N7O2. The average Bonchev–Trinajstić information content (AvgIpc) is 3.31. The number of nitrogens with zero attached hydrogens (tertiary/aromatic N) is 7. The van der Waals surface area contributed by atoms with E-state index in [0.29, 0.717) is 30.0 Å². The summed E-state index contributed by atoms with van der Waals surface area (Å²) in [5.41, 5.74) is 3.20. The van der Waals surface area contributed by atoms with Crippen molar-refractivity contribution in [2.45, 2.75) is 56.7 Å². The summed E-state index contributed by atoms with van der Waals surface area (Å²) >= 11 is 0. The highest BCUT2D eigenvalue weighted by atomic mass is 16.5. The Morgan fingerprint density at radius 1 is 0.909 bits per heavy atom. The molecule has 9 nitrogen and oxygen atoms in total. The molecule has 7 rings (SSSR count). The van der Waals surface area contributed by atoms with E-state index in [1.54, 1.807) is 6.33 Å². The highest BCUT2D eigenvalue weighted by Gasteiger charge is 2.46. The number of piperazine rings is 1. The minimum Gasteiger partial charge on any atom is -0.381 e. The van der Waals surface area contributed by atoms with E-state index in [4.69, 9.17) is 4.74 Å². The van der Waals surface area contributed by atoms with Crippen molar-refractivity contribution in [3.63, 3.8) is 0 Å². The maximum absolute atomic E-state index is 12.8. The van der Waals surface area contributed by atoms with Crippen molar-refractivity contribution in [1.29, 1.82) is 0 Å². The molecule has 0 radical (unpaired) electrons. The first kappa shape index (κ1) is 19.5. The quantitative estimate of drug-likeness (QED) is 0.612. The van der Waals surface area contributed by atoms with Crippen molar-refractivity contribution in [2.24, 2.45) is 5.92 Å². The molecule has 3 saturated heterocycles. The van der Waals surface area contributed by atoms with E-state index in [-0.39, 0.29) is 0 Å². The molecule has 3 aromatic rings. The number of fused-ring (bicyclic) bond motifs is 3. The standard InChI is InChI=1S/C24H29N7O2/c32-24(16-1-2-16)31-20-3-4-21(31)14-28(13-20)23-22-9-17(11-30(22)27-15-25-23)18-10-26-29(12-18)19-5-7-33-8-6-19/h9-12,15-16,19-21H,1-8,13-14H2. The first-order chi connectivity index (χ1) is 16.2. The lowest BCUT2D eigenvalue weighted by Crippen LogP contribution is -2.56. The first-order valence-corrected chi connectivity index (χ1v) is 12.3. The minimum atomic E-state index is 0.292. The van der Waals surface area contributed by atoms with Crippen LogP contribution in [0.1, 0.15) is 44.6 Å². The molecule has 1 aliphatic carbocycles. The molecule has 6 heterocycles. The van der Waals surface area contributed by atoms with Gasteiger partial charge in [-0.25, -0.2) is 9.50 Å². The molecule has 0 N–H and O–H groups in total. The first-order valence-electron chi connectivity index (χ1n) is 12.3. The van der Waals surface area contributed by atoms with E-state index in [9.17, 15) is 4.79 Å². The Morgan fingerprint density at radius 2 is 1.70 bits per heavy atom. The lowest BCUT2D eigenvalue weighted by atomic mass is 10.1. The van der Waals surface area contributed by atoms with Gasteiger partial charge in [0.1, 0.15) is 11.8 Å². The van der Waals surface area contributed by atoms with E-state index in [0.717, 1.165) is 87.3 Å². The molecule has 0 aromatic carbocycles. The summed E-state index contributed by atoms with van der Waals surface area (Å²) in [4.78, 5) is 22.1. The Bertz CT molecular complexity index is 1180. The van der Waals surface area contributed by atoms with Crippen LogP contribution in [0.4, 0.5) is 5.82 Å². The van der Waals surface area contributed by atoms with Crippen LogP contribution in [-0.4, -0.2) is 73.6 Å². The number of aromatic nitrogens is 5. The summed E-state index contributed by atoms with van der Waals surface area (Å²) in [6.07, 6.45) is 14.1. The predicted molar refractivity (Wildman–Crippen MR) is 122 cm³/mol. The van der Waals surface area contributed by atoms with E-state index < -0.39 is 0 Å². The third-order valence-electron chi connectivity index (χ3n) is 7.85. The maximum Gasteiger partial charge on any atom is 0.226 e. The summed E-state index contributed by atoms with van der Waals surface area (Å²) in [6.45, 7) is 3.31. The van der Waals surface area contributed by atoms with Gasteiger partial charge in [-0.15, -0.1) is 0 Å². The minimum absolute atomic E-state index is 0.292. The van der Waals surface area contributed by atoms with Gasteiger partial charge in [0.25, 0.3) is 0 Å². The smallest absolute Gasteiger partial charge is 0.226 e. The molecule has 2 unspecified atom stereocenters. The van der Waals surface area contributed by atoms with Crippen LogP contribution < -0.4 is 4.90 Å². The third kappa shape index (κ3) is 3.32. The SMILES string of the molecule is O=C(C1CC1)N1C2CCC1CN(c1ncnn3cc(-c4cnn(C5CCOCC5)c4)cc13)C2. The van der Waals surface area contributed by atoms with Crippen molar-refractivity contribution < 1.29 is 9.53 Å². The van der Waals surface area contributed by atoms with Gasteiger partial charge in [0, 0.05) is 67.8 Å². The number of hydrogen-bond acceptors (Lipinski definition) is 6. The number of carbonyl (C=O) groups excluding carboxylic acids is 1. The predicted octanol–water partition coefficient (Wildman–Crippen LogP) is 2.53. The monoisotopic (exact) mass is 447 g/mol. The molecule has 0 spiro atoms. The van der Waals surface area contributed by atoms with Crippen LogP contribution in [0, 0.1) is 5.92 Å². The zero-order chi connectivity index (χ0) is 21.9. The molecule has 1 saturated carbocycles. The number of anilines is 1. The molecule has 3 aliphatic heterocycles. The summed E-state index contributed by atoms with van der Waals surface area (Å²) in [5, 5.41) is 9.12. The van der Waals surface area contributed by atoms with Gasteiger partial charge in [0.15, 0.2) is 5.82 Å². The molecular weight excluding hydrogens is 418 g/mol. The third-order valence-corrected chi connectivity index (χ3v) is 7.85. The number of amides is 1. The molecule has 172 valence electrons. The van der Waals surface area contributed by atoms with Crippen LogP contribution >= 0.6 is 0 Å². The Labute approximate surface area is 192 Å². The van der Waals surface area contributed by atoms with E-state index in [1.165, 1.54) is 0 Å². The lowest BCUT2D eigenvalue weighted by Gasteiger charge is -2.41. The molecule has 2 bridgehead atoms. The zero-order valence-electron chi connectivity index (χ0n) is 18.7. The molecule has 2 atom stereocenters. The summed E-state index contributed by atoms with van der Waals surface area (Å²) in [5.74, 6) is 1.64. The van der Waals surface area contributed by atoms with Gasteiger partial charge in [-0.05, 0) is 44.6 Å². The van der Waals surface area contributed by atoms with Gasteiger partial charge in [0.05, 0.1) is 12.2 Å². The number of rotatable bonds is 4. The van der Waals surface area contributed by atoms with Crippen LogP contribution in [0.3, 0.4) is 0 Å². The highest BCUT2D eigenvalue weighted by Crippen LogP contribution is 2.39. The van der Waals surface area contributed by atoms with Gasteiger partial charge in [-0.3, -0.25) is 9.48 Å². The second-order valence-electron chi connectivity index (χ2n) is 10.0. The maximum atomic E-state index is 12.8. The fourth-order valence-corrected chi connectivity index (χ4v) is 5.93. The van der Waals surface area contributed by atoms with Crippen molar-refractivity contribution in [3.8, 4) is 11.1 Å². The number of ether oxygens (including phenoxy) is 1. The van der Waals surface area contributed by atoms with Gasteiger partial charge in [-0.2, -0.15) is 10.2 Å². The van der Waals surface area contributed by atoms with Crippen molar-refractivity contribution in [3.05, 3.63) is 31.0 Å². The molecule has 1 amide bonds. The van der Waals surface area contributed by atoms with E-state index in [1.807, 2.05) is 10.7 Å². The van der Waals surface area contributed by atoms with Crippen LogP contribution in [-0.2, 0) is 9.53 Å². The fourth-order valence-electron chi connectivity index (χ4n) is 5.93. The van der Waals surface area contributed by atoms with Gasteiger partial charge in [-0.1, -0.05) is 0 Å². The topological polar surface area (TPSA) is 80.8 Å². The van der Waals surface area contributed by atoms with Gasteiger partial charge in [0.2, 0.25) is 5.91 Å². The van der Waals surface area contributed by atoms with E-state index >= 15 is 0 Å². The van der Waals surface area contributed by atoms with Gasteiger partial charge >= 0.3 is 0 Å². The average molecular weight is 448 g/mol. The Kier molecular flexibility index (Phi) is 4.46. The lowest BCUT2D eigenvalue weighted by molar-refractivity contribution is -0.135. The normalized spacial score (nSPS) is 25.8. The Morgan fingerprint density at radius 3 is 2.45 bits per heavy atom. The van der Waals surface area contributed by atoms with Crippen molar-refractivity contribution in [1.82, 2.24) is 29.3 Å². The number of carbonyl (C=O) groups is 1. The largest absolute Gasteiger partial charge is 0.381 e. The highest BCUT2D eigenvalue weighted by molar-refractivity contribution is 5.83. The van der Waals surface area contributed by atoms with Crippen LogP contribution in [0.5, 0.6) is 0 Å². The van der Waals surface area contributed by atoms with Crippen molar-refractivity contribution >= 4 is 17.2 Å². The molecule has 3 aromatic heterocycles. The second kappa shape index (κ2) is 7.55. The molecule has 9 heteroatoms. The zero-order valence-corrected chi connectivity index (χ0v) is 18.7. The van der Waals surface area contributed by atoms with Crippen LogP contribution in [0.2, 0.25) is 0 Å². The Balaban J connectivity index is 1.16. The van der Waals surface area contributed by atoms with Crippen LogP contribution in [0.15, 0.2) is 31.0 Å². The van der Waals surface area contributed by atoms with Crippen LogP contribution in [0.25, 0.3) is 16.6 Å². The summed E-state index contributed by atoms with van der Waals surface area (Å²) < 4.78 is 9.50. The molecule has 33 heavy (non-hydrogen) atoms. The molecule has 4 fully saturated rings. The number of hydrogen-bond donors (Lipinski definition) is 0. The fraction of sp³-hybridized carbons (Fsp3) is 0.583. The summed E-state index contributed by atoms with van der Waals surface area (Å²) in [6, 6.07) is 3.19. The Hall–Kier alpha value is -2.94. The second-order valence-corrected chi connectivity index (χ2v) is 10.0.